The van der Waals surface area contributed by atoms with E-state index in [0.29, 0.717) is 24.5 Å². The highest BCUT2D eigenvalue weighted by Gasteiger charge is 2.35. The van der Waals surface area contributed by atoms with Gasteiger partial charge in [-0.05, 0) is 63.2 Å². The van der Waals surface area contributed by atoms with Crippen LogP contribution in [0, 0.1) is 20.8 Å². The molecule has 0 atom stereocenters. The van der Waals surface area contributed by atoms with Gasteiger partial charge in [0.25, 0.3) is 5.91 Å². The van der Waals surface area contributed by atoms with Crippen LogP contribution in [0.1, 0.15) is 38.3 Å². The van der Waals surface area contributed by atoms with Crippen LogP contribution in [-0.4, -0.2) is 65.9 Å². The van der Waals surface area contributed by atoms with Crippen LogP contribution in [0.15, 0.2) is 42.7 Å². The zero-order chi connectivity index (χ0) is 29.6. The highest BCUT2D eigenvalue weighted by atomic mass is 19.4. The number of hydrazine groups is 2. The number of anilines is 3. The minimum atomic E-state index is -4.58. The van der Waals surface area contributed by atoms with Crippen LogP contribution in [0.4, 0.5) is 30.2 Å². The predicted octanol–water partition coefficient (Wildman–Crippen LogP) is 4.54. The first-order valence-electron chi connectivity index (χ1n) is 13.4. The Hall–Kier alpha value is -4.03. The van der Waals surface area contributed by atoms with Gasteiger partial charge in [-0.3, -0.25) is 19.5 Å². The molecule has 2 aliphatic heterocycles. The topological polar surface area (TPSA) is 71.9 Å². The largest absolute Gasteiger partial charge is 0.416 e. The van der Waals surface area contributed by atoms with E-state index in [1.54, 1.807) is 29.1 Å². The Labute approximate surface area is 237 Å². The van der Waals surface area contributed by atoms with Gasteiger partial charge in [-0.25, -0.2) is 0 Å². The lowest BCUT2D eigenvalue weighted by Gasteiger charge is -2.35. The fourth-order valence-electron chi connectivity index (χ4n) is 5.23. The van der Waals surface area contributed by atoms with E-state index in [-0.39, 0.29) is 11.1 Å². The summed E-state index contributed by atoms with van der Waals surface area (Å²) >= 11 is 0. The Morgan fingerprint density at radius 3 is 2.32 bits per heavy atom. The third-order valence-corrected chi connectivity index (χ3v) is 7.90. The number of aromatic nitrogens is 2. The Kier molecular flexibility index (Phi) is 7.47. The van der Waals surface area contributed by atoms with Crippen LogP contribution >= 0.6 is 0 Å². The van der Waals surface area contributed by atoms with Crippen LogP contribution in [0.5, 0.6) is 0 Å². The van der Waals surface area contributed by atoms with Crippen molar-refractivity contribution in [2.24, 2.45) is 7.05 Å². The Morgan fingerprint density at radius 2 is 1.68 bits per heavy atom. The first-order valence-corrected chi connectivity index (χ1v) is 13.4. The van der Waals surface area contributed by atoms with Crippen molar-refractivity contribution in [3.63, 3.8) is 0 Å². The molecule has 3 aromatic rings. The molecule has 0 unspecified atom stereocenters. The molecule has 0 aliphatic carbocycles. The summed E-state index contributed by atoms with van der Waals surface area (Å²) in [6.07, 6.45) is -0.835. The number of carbonyl (C=O) groups excluding carboxylic acids is 1. The van der Waals surface area contributed by atoms with E-state index in [2.05, 4.69) is 20.9 Å². The average molecular weight is 569 g/mol. The van der Waals surface area contributed by atoms with Crippen molar-refractivity contribution in [3.05, 3.63) is 76.2 Å². The number of rotatable bonds is 5. The fraction of sp³-hybridized carbons (Fsp3) is 0.379. The number of alkyl halides is 3. The van der Waals surface area contributed by atoms with E-state index < -0.39 is 17.6 Å². The van der Waals surface area contributed by atoms with Gasteiger partial charge in [-0.15, -0.1) is 5.53 Å². The van der Waals surface area contributed by atoms with Gasteiger partial charge in [0.05, 0.1) is 23.1 Å². The highest BCUT2D eigenvalue weighted by molar-refractivity contribution is 6.05. The van der Waals surface area contributed by atoms with E-state index in [4.69, 9.17) is 0 Å². The van der Waals surface area contributed by atoms with Gasteiger partial charge in [-0.2, -0.15) is 18.3 Å². The zero-order valence-electron chi connectivity index (χ0n) is 24.1. The third-order valence-electron chi connectivity index (χ3n) is 7.90. The summed E-state index contributed by atoms with van der Waals surface area (Å²) in [6, 6.07) is 7.92. The molecule has 1 aromatic heterocycles. The number of hydrogen-bond donors (Lipinski definition) is 2. The van der Waals surface area contributed by atoms with Crippen molar-refractivity contribution in [1.82, 2.24) is 25.2 Å². The summed E-state index contributed by atoms with van der Waals surface area (Å²) in [5, 5.41) is 10.9. The maximum atomic E-state index is 14.0. The van der Waals surface area contributed by atoms with Gasteiger partial charge in [0.15, 0.2) is 0 Å². The Balaban J connectivity index is 1.43. The van der Waals surface area contributed by atoms with Crippen LogP contribution in [0.2, 0.25) is 0 Å². The third kappa shape index (κ3) is 5.62. The molecule has 5 rings (SSSR count). The number of piperazine rings is 1. The molecule has 2 aromatic carbocycles. The van der Waals surface area contributed by atoms with Crippen LogP contribution in [-0.2, 0) is 13.2 Å². The smallest absolute Gasteiger partial charge is 0.369 e. The second kappa shape index (κ2) is 10.7. The molecule has 1 saturated heterocycles. The van der Waals surface area contributed by atoms with E-state index in [1.165, 1.54) is 6.92 Å². The SMILES string of the molecule is Cc1ccc(NC(=O)c2cc(N3CCN(C)CC3)c(C)c(C(F)(F)F)c2)cc1N1C=C(c2cnn(C)c2C)N(C)N1. The normalized spacial score (nSPS) is 16.4. The van der Waals surface area contributed by atoms with Crippen molar-refractivity contribution >= 4 is 28.7 Å². The summed E-state index contributed by atoms with van der Waals surface area (Å²) in [5.74, 6) is -0.602. The number of aryl methyl sites for hydroxylation is 2. The maximum absolute atomic E-state index is 14.0. The Morgan fingerprint density at radius 1 is 0.976 bits per heavy atom. The molecular formula is C29H35F3N8O. The second-order valence-electron chi connectivity index (χ2n) is 10.7. The molecule has 12 heteroatoms. The number of carbonyl (C=O) groups is 1. The number of nitrogens with one attached hydrogen (secondary N) is 2. The van der Waals surface area contributed by atoms with Crippen LogP contribution < -0.4 is 20.8 Å². The van der Waals surface area contributed by atoms with Crippen molar-refractivity contribution < 1.29 is 18.0 Å². The lowest BCUT2D eigenvalue weighted by molar-refractivity contribution is -0.138. The molecule has 0 radical (unpaired) electrons. The summed E-state index contributed by atoms with van der Waals surface area (Å²) in [7, 11) is 5.76. The minimum Gasteiger partial charge on any atom is -0.369 e. The molecule has 41 heavy (non-hydrogen) atoms. The molecule has 0 saturated carbocycles. The second-order valence-corrected chi connectivity index (χ2v) is 10.7. The summed E-state index contributed by atoms with van der Waals surface area (Å²) < 4.78 is 43.9. The van der Waals surface area contributed by atoms with Crippen molar-refractivity contribution in [1.29, 1.82) is 0 Å². The summed E-state index contributed by atoms with van der Waals surface area (Å²) in [6.45, 7) is 8.06. The van der Waals surface area contributed by atoms with E-state index >= 15 is 0 Å². The molecule has 0 bridgehead atoms. The molecule has 218 valence electrons. The lowest BCUT2D eigenvalue weighted by atomic mass is 10.00. The molecule has 0 spiro atoms. The average Bonchev–Trinajstić information content (AvgIpc) is 3.46. The van der Waals surface area contributed by atoms with Crippen LogP contribution in [0.3, 0.4) is 0 Å². The lowest BCUT2D eigenvalue weighted by Crippen LogP contribution is -2.45. The van der Waals surface area contributed by atoms with E-state index in [9.17, 15) is 18.0 Å². The highest BCUT2D eigenvalue weighted by Crippen LogP contribution is 2.38. The molecule has 3 heterocycles. The number of amides is 1. The monoisotopic (exact) mass is 568 g/mol. The maximum Gasteiger partial charge on any atom is 0.416 e. The molecular weight excluding hydrogens is 533 g/mol. The van der Waals surface area contributed by atoms with Gasteiger partial charge >= 0.3 is 6.18 Å². The molecule has 2 aliphatic rings. The quantitative estimate of drug-likeness (QED) is 0.469. The van der Waals surface area contributed by atoms with Gasteiger partial charge in [0, 0.05) is 74.7 Å². The van der Waals surface area contributed by atoms with Crippen LogP contribution in [0.25, 0.3) is 5.70 Å². The standard InChI is InChI=1S/C29H35F3N8O/c1-18-7-8-22(15-25(18)40-17-27(38(6)35-40)23-16-33-37(5)20(23)3)34-28(41)21-13-24(29(30,31)32)19(2)26(14-21)39-11-9-36(4)10-12-39/h7-8,13-17,35H,9-12H2,1-6H3,(H,34,41). The zero-order valence-corrected chi connectivity index (χ0v) is 24.1. The molecule has 2 N–H and O–H groups in total. The van der Waals surface area contributed by atoms with Gasteiger partial charge < -0.3 is 15.1 Å². The predicted molar refractivity (Wildman–Crippen MR) is 154 cm³/mol. The number of nitrogens with zero attached hydrogens (tertiary/aromatic N) is 6. The number of halogens is 3. The summed E-state index contributed by atoms with van der Waals surface area (Å²) in [4.78, 5) is 17.4. The van der Waals surface area contributed by atoms with Crippen molar-refractivity contribution in [3.8, 4) is 0 Å². The van der Waals surface area contributed by atoms with Gasteiger partial charge in [0.2, 0.25) is 0 Å². The first-order chi connectivity index (χ1) is 19.3. The number of hydrogen-bond acceptors (Lipinski definition) is 7. The van der Waals surface area contributed by atoms with Crippen molar-refractivity contribution in [2.75, 3.05) is 55.5 Å². The summed E-state index contributed by atoms with van der Waals surface area (Å²) in [5.41, 5.74) is 8.11. The molecule has 1 fully saturated rings. The number of likely N-dealkylation sites (N-methyl/N-ethyl adjacent to an activating group) is 1. The first kappa shape index (κ1) is 28.5. The molecule has 1 amide bonds. The fourth-order valence-corrected chi connectivity index (χ4v) is 5.23. The van der Waals surface area contributed by atoms with Crippen molar-refractivity contribution in [2.45, 2.75) is 26.9 Å². The van der Waals surface area contributed by atoms with Gasteiger partial charge in [-0.1, -0.05) is 6.07 Å². The van der Waals surface area contributed by atoms with E-state index in [1.807, 2.05) is 62.2 Å². The van der Waals surface area contributed by atoms with E-state index in [0.717, 1.165) is 47.4 Å². The molecule has 9 nitrogen and oxygen atoms in total. The number of benzene rings is 2. The van der Waals surface area contributed by atoms with Gasteiger partial charge in [0.1, 0.15) is 0 Å². The minimum absolute atomic E-state index is 0.0350. The Bertz CT molecular complexity index is 1500.